The molecule has 6 heteroatoms. The third-order valence-electron chi connectivity index (χ3n) is 7.31. The molecule has 190 valence electrons. The van der Waals surface area contributed by atoms with Gasteiger partial charge in [0, 0.05) is 17.4 Å². The first kappa shape index (κ1) is 24.8. The lowest BCUT2D eigenvalue weighted by Crippen LogP contribution is -2.29. The minimum absolute atomic E-state index is 0.236. The van der Waals surface area contributed by atoms with Gasteiger partial charge in [-0.25, -0.2) is 4.98 Å². The van der Waals surface area contributed by atoms with E-state index in [-0.39, 0.29) is 5.91 Å². The zero-order valence-electron chi connectivity index (χ0n) is 21.8. The minimum atomic E-state index is -0.236. The first-order chi connectivity index (χ1) is 18.0. The third kappa shape index (κ3) is 5.02. The zero-order valence-corrected chi connectivity index (χ0v) is 21.8. The lowest BCUT2D eigenvalue weighted by atomic mass is 9.88. The molecule has 0 saturated carbocycles. The number of fused-ring (bicyclic) bond motifs is 1. The topological polar surface area (TPSA) is 70.2 Å². The maximum Gasteiger partial charge on any atom is 0.247 e. The second-order valence-corrected chi connectivity index (χ2v) is 9.76. The molecular formula is C31H34N4O2. The molecule has 0 spiro atoms. The number of likely N-dealkylation sites (tertiary alicyclic amines) is 1. The Morgan fingerprint density at radius 2 is 1.89 bits per heavy atom. The summed E-state index contributed by atoms with van der Waals surface area (Å²) in [6.45, 7) is 10.4. The number of aryl methyl sites for hydroxylation is 1. The van der Waals surface area contributed by atoms with Crippen LogP contribution < -0.4 is 10.1 Å². The number of benzene rings is 2. The van der Waals surface area contributed by atoms with Crippen LogP contribution in [-0.2, 0) is 4.79 Å². The molecule has 3 heterocycles. The molecule has 1 aliphatic rings. The van der Waals surface area contributed by atoms with E-state index in [9.17, 15) is 4.79 Å². The molecule has 0 atom stereocenters. The first-order valence-corrected chi connectivity index (χ1v) is 12.9. The summed E-state index contributed by atoms with van der Waals surface area (Å²) in [6, 6.07) is 17.0. The second kappa shape index (κ2) is 10.6. The van der Waals surface area contributed by atoms with Crippen molar-refractivity contribution in [2.24, 2.45) is 0 Å². The Bertz CT molecular complexity index is 1430. The van der Waals surface area contributed by atoms with E-state index in [2.05, 4.69) is 64.1 Å². The number of rotatable bonds is 7. The average Bonchev–Trinajstić information content (AvgIpc) is 3.31. The van der Waals surface area contributed by atoms with Crippen LogP contribution in [0.1, 0.15) is 36.8 Å². The minimum Gasteiger partial charge on any atom is -0.493 e. The van der Waals surface area contributed by atoms with Crippen molar-refractivity contribution in [1.29, 1.82) is 0 Å². The lowest BCUT2D eigenvalue weighted by molar-refractivity contribution is -0.111. The van der Waals surface area contributed by atoms with Crippen LogP contribution in [-0.4, -0.2) is 47.5 Å². The number of aromatic nitrogens is 2. The number of carbonyl (C=O) groups excluding carboxylic acids is 1. The van der Waals surface area contributed by atoms with Crippen molar-refractivity contribution in [2.75, 3.05) is 32.1 Å². The van der Waals surface area contributed by atoms with Gasteiger partial charge in [0.25, 0.3) is 0 Å². The average molecular weight is 495 g/mol. The Hall–Kier alpha value is -3.90. The van der Waals surface area contributed by atoms with Crippen LogP contribution in [0, 0.1) is 6.92 Å². The number of nitrogens with zero attached hydrogens (tertiary/aromatic N) is 2. The largest absolute Gasteiger partial charge is 0.493 e. The molecule has 2 aromatic carbocycles. The molecule has 1 saturated heterocycles. The van der Waals surface area contributed by atoms with Gasteiger partial charge in [0.2, 0.25) is 5.91 Å². The summed E-state index contributed by atoms with van der Waals surface area (Å²) < 4.78 is 6.03. The van der Waals surface area contributed by atoms with Crippen LogP contribution in [0.5, 0.6) is 5.75 Å². The number of piperidine rings is 1. The predicted molar refractivity (Wildman–Crippen MR) is 151 cm³/mol. The molecule has 0 unspecified atom stereocenters. The second-order valence-electron chi connectivity index (χ2n) is 9.76. The number of carbonyl (C=O) groups is 1. The summed E-state index contributed by atoms with van der Waals surface area (Å²) in [5.41, 5.74) is 7.94. The molecule has 1 amide bonds. The van der Waals surface area contributed by atoms with E-state index < -0.39 is 0 Å². The smallest absolute Gasteiger partial charge is 0.247 e. The monoisotopic (exact) mass is 494 g/mol. The maximum atomic E-state index is 12.1. The van der Waals surface area contributed by atoms with Crippen molar-refractivity contribution >= 4 is 22.6 Å². The SMILES string of the molecule is C=CC(=O)Nc1cc(-c2c(-c3ccc(C4CCN(C)CC4)cc3)[nH]c3nccc(OCC)c23)ccc1C. The number of amides is 1. The standard InChI is InChI=1S/C31H34N4O2/c1-5-27(36)33-25-19-24(8-7-20(25)3)28-29-26(37-6-2)13-16-32-31(29)34-30(28)23-11-9-21(10-12-23)22-14-17-35(4)18-15-22/h5,7-13,16,19,22H,1,6,14-15,17-18H2,2-4H3,(H,32,34)(H,33,36). The highest BCUT2D eigenvalue weighted by molar-refractivity contribution is 6.07. The quantitative estimate of drug-likeness (QED) is 0.286. The molecule has 0 radical (unpaired) electrons. The summed E-state index contributed by atoms with van der Waals surface area (Å²) in [7, 11) is 2.20. The first-order valence-electron chi connectivity index (χ1n) is 12.9. The summed E-state index contributed by atoms with van der Waals surface area (Å²) in [5.74, 6) is 1.15. The Morgan fingerprint density at radius 1 is 1.16 bits per heavy atom. The Morgan fingerprint density at radius 3 is 2.59 bits per heavy atom. The third-order valence-corrected chi connectivity index (χ3v) is 7.31. The Balaban J connectivity index is 1.63. The van der Waals surface area contributed by atoms with Crippen molar-refractivity contribution in [3.63, 3.8) is 0 Å². The van der Waals surface area contributed by atoms with Crippen LogP contribution in [0.2, 0.25) is 0 Å². The van der Waals surface area contributed by atoms with E-state index in [1.54, 1.807) is 6.20 Å². The zero-order chi connectivity index (χ0) is 25.9. The number of aromatic amines is 1. The van der Waals surface area contributed by atoms with Crippen molar-refractivity contribution in [3.05, 3.63) is 78.5 Å². The summed E-state index contributed by atoms with van der Waals surface area (Å²) >= 11 is 0. The Kier molecular flexibility index (Phi) is 7.10. The number of nitrogens with one attached hydrogen (secondary N) is 2. The summed E-state index contributed by atoms with van der Waals surface area (Å²) in [5, 5.41) is 3.87. The molecule has 2 aromatic heterocycles. The highest BCUT2D eigenvalue weighted by Crippen LogP contribution is 2.43. The van der Waals surface area contributed by atoms with Crippen LogP contribution in [0.25, 0.3) is 33.4 Å². The number of hydrogen-bond donors (Lipinski definition) is 2. The fourth-order valence-electron chi connectivity index (χ4n) is 5.23. The van der Waals surface area contributed by atoms with Crippen LogP contribution in [0.15, 0.2) is 67.4 Å². The van der Waals surface area contributed by atoms with Gasteiger partial charge in [0.05, 0.1) is 17.7 Å². The van der Waals surface area contributed by atoms with E-state index >= 15 is 0 Å². The van der Waals surface area contributed by atoms with Crippen LogP contribution >= 0.6 is 0 Å². The highest BCUT2D eigenvalue weighted by Gasteiger charge is 2.22. The molecule has 1 aliphatic heterocycles. The van der Waals surface area contributed by atoms with Crippen molar-refractivity contribution in [1.82, 2.24) is 14.9 Å². The van der Waals surface area contributed by atoms with E-state index in [0.717, 1.165) is 63.5 Å². The molecule has 2 N–H and O–H groups in total. The van der Waals surface area contributed by atoms with E-state index in [0.29, 0.717) is 12.5 Å². The molecule has 37 heavy (non-hydrogen) atoms. The van der Waals surface area contributed by atoms with Crippen molar-refractivity contribution < 1.29 is 9.53 Å². The molecule has 4 aromatic rings. The number of ether oxygens (including phenoxy) is 1. The van der Waals surface area contributed by atoms with Gasteiger partial charge >= 0.3 is 0 Å². The van der Waals surface area contributed by atoms with Gasteiger partial charge in [-0.2, -0.15) is 0 Å². The molecule has 0 bridgehead atoms. The number of hydrogen-bond acceptors (Lipinski definition) is 4. The summed E-state index contributed by atoms with van der Waals surface area (Å²) in [6.07, 6.45) is 5.44. The van der Waals surface area contributed by atoms with Gasteiger partial charge in [0.1, 0.15) is 11.4 Å². The van der Waals surface area contributed by atoms with Gasteiger partial charge < -0.3 is 19.9 Å². The van der Waals surface area contributed by atoms with Crippen LogP contribution in [0.3, 0.4) is 0 Å². The fraction of sp³-hybridized carbons (Fsp3) is 0.290. The predicted octanol–water partition coefficient (Wildman–Crippen LogP) is 6.54. The molecule has 6 nitrogen and oxygen atoms in total. The number of anilines is 1. The van der Waals surface area contributed by atoms with Gasteiger partial charge in [-0.1, -0.05) is 43.0 Å². The highest BCUT2D eigenvalue weighted by atomic mass is 16.5. The van der Waals surface area contributed by atoms with Crippen molar-refractivity contribution in [2.45, 2.75) is 32.6 Å². The lowest BCUT2D eigenvalue weighted by Gasteiger charge is -2.29. The Labute approximate surface area is 218 Å². The van der Waals surface area contributed by atoms with Gasteiger partial charge in [0.15, 0.2) is 0 Å². The van der Waals surface area contributed by atoms with E-state index in [1.165, 1.54) is 24.5 Å². The van der Waals surface area contributed by atoms with Crippen LogP contribution in [0.4, 0.5) is 5.69 Å². The van der Waals surface area contributed by atoms with Gasteiger partial charge in [-0.15, -0.1) is 0 Å². The fourth-order valence-corrected chi connectivity index (χ4v) is 5.23. The molecular weight excluding hydrogens is 460 g/mol. The van der Waals surface area contributed by atoms with E-state index in [1.807, 2.05) is 32.0 Å². The molecule has 5 rings (SSSR count). The summed E-state index contributed by atoms with van der Waals surface area (Å²) in [4.78, 5) is 22.7. The maximum absolute atomic E-state index is 12.1. The number of H-pyrrole nitrogens is 1. The molecule has 1 fully saturated rings. The van der Waals surface area contributed by atoms with Crippen molar-refractivity contribution in [3.8, 4) is 28.1 Å². The normalized spacial score (nSPS) is 14.6. The molecule has 0 aliphatic carbocycles. The van der Waals surface area contributed by atoms with Gasteiger partial charge in [-0.05, 0) is 93.2 Å². The number of pyridine rings is 1. The van der Waals surface area contributed by atoms with E-state index in [4.69, 9.17) is 4.74 Å². The van der Waals surface area contributed by atoms with Gasteiger partial charge in [-0.3, -0.25) is 4.79 Å².